The number of fused-ring (bicyclic) bond motifs is 2. The molecule has 1 aromatic heterocycles. The van der Waals surface area contributed by atoms with Gasteiger partial charge in [0.1, 0.15) is 6.61 Å². The average Bonchev–Trinajstić information content (AvgIpc) is 3.15. The SMILES string of the molecule is O=C1c2ccccc2C(=O)N1NC(=S)OCc1c[nH]c2ccccc12. The van der Waals surface area contributed by atoms with E-state index in [4.69, 9.17) is 17.0 Å². The summed E-state index contributed by atoms with van der Waals surface area (Å²) in [6.45, 7) is 0.221. The number of carbonyl (C=O) groups excluding carboxylic acids is 2. The Morgan fingerprint density at radius 1 is 1.04 bits per heavy atom. The minimum Gasteiger partial charge on any atom is -0.465 e. The van der Waals surface area contributed by atoms with Gasteiger partial charge in [-0.15, -0.1) is 0 Å². The molecule has 3 aromatic rings. The van der Waals surface area contributed by atoms with Gasteiger partial charge in [-0.3, -0.25) is 9.59 Å². The van der Waals surface area contributed by atoms with Crippen molar-refractivity contribution in [2.45, 2.75) is 6.61 Å². The maximum atomic E-state index is 12.3. The quantitative estimate of drug-likeness (QED) is 0.561. The topological polar surface area (TPSA) is 74.4 Å². The zero-order chi connectivity index (χ0) is 17.4. The summed E-state index contributed by atoms with van der Waals surface area (Å²) in [6.07, 6.45) is 1.84. The lowest BCUT2D eigenvalue weighted by atomic mass is 10.1. The molecule has 0 radical (unpaired) electrons. The molecule has 0 unspecified atom stereocenters. The minimum atomic E-state index is -0.446. The van der Waals surface area contributed by atoms with E-state index in [0.29, 0.717) is 11.1 Å². The number of aromatic nitrogens is 1. The van der Waals surface area contributed by atoms with Gasteiger partial charge in [-0.1, -0.05) is 30.3 Å². The van der Waals surface area contributed by atoms with Crippen molar-refractivity contribution >= 4 is 40.1 Å². The van der Waals surface area contributed by atoms with Crippen molar-refractivity contribution < 1.29 is 14.3 Å². The predicted molar refractivity (Wildman–Crippen MR) is 95.8 cm³/mol. The zero-order valence-electron chi connectivity index (χ0n) is 13.0. The molecule has 2 amide bonds. The molecule has 124 valence electrons. The van der Waals surface area contributed by atoms with Crippen molar-refractivity contribution in [3.8, 4) is 0 Å². The number of aromatic amines is 1. The van der Waals surface area contributed by atoms with E-state index in [1.54, 1.807) is 24.3 Å². The van der Waals surface area contributed by atoms with Crippen molar-refractivity contribution in [1.29, 1.82) is 0 Å². The number of hydrazine groups is 1. The second-order valence-electron chi connectivity index (χ2n) is 5.54. The molecule has 0 saturated carbocycles. The highest BCUT2D eigenvalue weighted by Gasteiger charge is 2.36. The van der Waals surface area contributed by atoms with Crippen LogP contribution in [0.15, 0.2) is 54.7 Å². The summed E-state index contributed by atoms with van der Waals surface area (Å²) in [5.74, 6) is -0.891. The summed E-state index contributed by atoms with van der Waals surface area (Å²) in [7, 11) is 0. The molecular formula is C18H13N3O3S. The summed E-state index contributed by atoms with van der Waals surface area (Å²) in [5.41, 5.74) is 5.20. The fourth-order valence-electron chi connectivity index (χ4n) is 2.81. The number of H-pyrrole nitrogens is 1. The van der Waals surface area contributed by atoms with E-state index in [-0.39, 0.29) is 11.8 Å². The molecule has 0 saturated heterocycles. The molecule has 6 nitrogen and oxygen atoms in total. The van der Waals surface area contributed by atoms with Gasteiger partial charge in [-0.05, 0) is 30.4 Å². The number of para-hydroxylation sites is 1. The van der Waals surface area contributed by atoms with E-state index in [1.807, 2.05) is 30.5 Å². The third-order valence-electron chi connectivity index (χ3n) is 4.03. The molecule has 0 bridgehead atoms. The number of nitrogens with zero attached hydrogens (tertiary/aromatic N) is 1. The lowest BCUT2D eigenvalue weighted by molar-refractivity contribution is 0.0594. The van der Waals surface area contributed by atoms with Gasteiger partial charge in [-0.25, -0.2) is 5.43 Å². The van der Waals surface area contributed by atoms with Crippen LogP contribution in [0.3, 0.4) is 0 Å². The van der Waals surface area contributed by atoms with Crippen LogP contribution < -0.4 is 5.43 Å². The summed E-state index contributed by atoms with van der Waals surface area (Å²) in [6, 6.07) is 14.4. The van der Waals surface area contributed by atoms with Crippen molar-refractivity contribution in [2.24, 2.45) is 0 Å². The summed E-state index contributed by atoms with van der Waals surface area (Å²) >= 11 is 5.11. The highest BCUT2D eigenvalue weighted by Crippen LogP contribution is 2.21. The second kappa shape index (κ2) is 6.03. The molecule has 25 heavy (non-hydrogen) atoms. The van der Waals surface area contributed by atoms with E-state index in [9.17, 15) is 9.59 Å². The number of hydrogen-bond acceptors (Lipinski definition) is 4. The summed E-state index contributed by atoms with van der Waals surface area (Å²) in [4.78, 5) is 27.7. The van der Waals surface area contributed by atoms with Crippen LogP contribution in [0.5, 0.6) is 0 Å². The Labute approximate surface area is 148 Å². The maximum absolute atomic E-state index is 12.3. The fraction of sp³-hybridized carbons (Fsp3) is 0.0556. The third kappa shape index (κ3) is 2.64. The van der Waals surface area contributed by atoms with Crippen molar-refractivity contribution in [3.63, 3.8) is 0 Å². The lowest BCUT2D eigenvalue weighted by Crippen LogP contribution is -2.45. The van der Waals surface area contributed by atoms with Crippen LogP contribution in [0.4, 0.5) is 0 Å². The van der Waals surface area contributed by atoms with Crippen molar-refractivity contribution in [2.75, 3.05) is 0 Å². The van der Waals surface area contributed by atoms with E-state index in [2.05, 4.69) is 10.4 Å². The molecule has 4 rings (SSSR count). The van der Waals surface area contributed by atoms with E-state index < -0.39 is 11.8 Å². The van der Waals surface area contributed by atoms with Gasteiger partial charge in [0.05, 0.1) is 11.1 Å². The van der Waals surface area contributed by atoms with Crippen LogP contribution in [0.2, 0.25) is 0 Å². The van der Waals surface area contributed by atoms with Crippen LogP contribution in [-0.4, -0.2) is 27.0 Å². The molecular weight excluding hydrogens is 338 g/mol. The van der Waals surface area contributed by atoms with Crippen LogP contribution in [0.1, 0.15) is 26.3 Å². The lowest BCUT2D eigenvalue weighted by Gasteiger charge is -2.17. The van der Waals surface area contributed by atoms with Gasteiger partial charge in [-0.2, -0.15) is 5.01 Å². The number of imide groups is 1. The molecule has 7 heteroatoms. The van der Waals surface area contributed by atoms with Crippen molar-refractivity contribution in [1.82, 2.24) is 15.4 Å². The molecule has 2 aromatic carbocycles. The van der Waals surface area contributed by atoms with Gasteiger partial charge < -0.3 is 9.72 Å². The number of carbonyl (C=O) groups is 2. The standard InChI is InChI=1S/C18H13N3O3S/c22-16-13-6-1-2-7-14(13)17(23)21(16)20-18(25)24-10-11-9-19-15-8-4-3-5-12(11)15/h1-9,19H,10H2,(H,20,25). The van der Waals surface area contributed by atoms with E-state index in [1.165, 1.54) is 0 Å². The van der Waals surface area contributed by atoms with Crippen molar-refractivity contribution in [3.05, 3.63) is 71.4 Å². The monoisotopic (exact) mass is 351 g/mol. The molecule has 1 aliphatic heterocycles. The molecule has 0 aliphatic carbocycles. The number of rotatable bonds is 3. The first-order valence-corrected chi connectivity index (χ1v) is 8.02. The summed E-state index contributed by atoms with van der Waals surface area (Å²) in [5, 5.41) is 1.87. The third-order valence-corrected chi connectivity index (χ3v) is 4.24. The van der Waals surface area contributed by atoms with Crippen LogP contribution in [0.25, 0.3) is 10.9 Å². The average molecular weight is 351 g/mol. The molecule has 2 N–H and O–H groups in total. The zero-order valence-corrected chi connectivity index (χ0v) is 13.8. The maximum Gasteiger partial charge on any atom is 0.280 e. The highest BCUT2D eigenvalue weighted by atomic mass is 32.1. The van der Waals surface area contributed by atoms with E-state index in [0.717, 1.165) is 21.5 Å². The largest absolute Gasteiger partial charge is 0.465 e. The number of benzene rings is 2. The number of thiocarbonyl (C=S) groups is 1. The van der Waals surface area contributed by atoms with Gasteiger partial charge in [0.2, 0.25) is 0 Å². The first kappa shape index (κ1) is 15.3. The number of amides is 2. The number of hydrogen-bond donors (Lipinski definition) is 2. The Morgan fingerprint density at radius 2 is 1.68 bits per heavy atom. The molecule has 0 fully saturated rings. The Bertz CT molecular complexity index is 976. The Morgan fingerprint density at radius 3 is 2.40 bits per heavy atom. The van der Waals surface area contributed by atoms with Crippen LogP contribution in [-0.2, 0) is 11.3 Å². The molecule has 2 heterocycles. The molecule has 0 spiro atoms. The van der Waals surface area contributed by atoms with Gasteiger partial charge >= 0.3 is 0 Å². The Kier molecular flexibility index (Phi) is 3.70. The minimum absolute atomic E-state index is 0.0419. The smallest absolute Gasteiger partial charge is 0.280 e. The molecule has 1 aliphatic rings. The fourth-order valence-corrected chi connectivity index (χ4v) is 2.96. The highest BCUT2D eigenvalue weighted by molar-refractivity contribution is 7.80. The first-order valence-electron chi connectivity index (χ1n) is 7.61. The van der Waals surface area contributed by atoms with Gasteiger partial charge in [0.25, 0.3) is 17.0 Å². The normalized spacial score (nSPS) is 13.2. The number of nitrogens with one attached hydrogen (secondary N) is 2. The number of ether oxygens (including phenoxy) is 1. The van der Waals surface area contributed by atoms with Gasteiger partial charge in [0, 0.05) is 22.7 Å². The first-order chi connectivity index (χ1) is 12.1. The van der Waals surface area contributed by atoms with Crippen LogP contribution >= 0.6 is 12.2 Å². The van der Waals surface area contributed by atoms with Crippen LogP contribution in [0, 0.1) is 0 Å². The Hall–Kier alpha value is -3.19. The summed E-state index contributed by atoms with van der Waals surface area (Å²) < 4.78 is 5.51. The predicted octanol–water partition coefficient (Wildman–Crippen LogP) is 2.77. The second-order valence-corrected chi connectivity index (χ2v) is 5.91. The Balaban J connectivity index is 1.43. The van der Waals surface area contributed by atoms with Gasteiger partial charge in [0.15, 0.2) is 0 Å². The molecule has 0 atom stereocenters. The van der Waals surface area contributed by atoms with E-state index >= 15 is 0 Å².